The van der Waals surface area contributed by atoms with E-state index in [4.69, 9.17) is 0 Å². The highest BCUT2D eigenvalue weighted by atomic mass is 16.5. The highest BCUT2D eigenvalue weighted by molar-refractivity contribution is 5.38. The fourth-order valence-electron chi connectivity index (χ4n) is 0.628. The number of carbonyl (C=O) groups excluding carboxylic acids is 1. The van der Waals surface area contributed by atoms with E-state index in [1.54, 1.807) is 0 Å². The molecule has 0 N–H and O–H groups in total. The van der Waals surface area contributed by atoms with Gasteiger partial charge in [0.2, 0.25) is 0 Å². The van der Waals surface area contributed by atoms with E-state index in [0.717, 1.165) is 12.0 Å². The lowest BCUT2D eigenvalue weighted by Crippen LogP contribution is -2.10. The fraction of sp³-hybridized carbons (Fsp3) is 0.571. The summed E-state index contributed by atoms with van der Waals surface area (Å²) in [6.07, 6.45) is 0.705. The van der Waals surface area contributed by atoms with Gasteiger partial charge in [-0.2, -0.15) is 0 Å². The standard InChI is InChI=1S/C7H12O2/c1-4-7(6(2)3)9-5-8/h5,7H,2,4H2,1,3H3. The van der Waals surface area contributed by atoms with Crippen molar-refractivity contribution in [2.24, 2.45) is 0 Å². The van der Waals surface area contributed by atoms with Gasteiger partial charge in [-0.3, -0.25) is 4.79 Å². The zero-order valence-electron chi connectivity index (χ0n) is 5.89. The van der Waals surface area contributed by atoms with E-state index >= 15 is 0 Å². The molecule has 0 aliphatic rings. The van der Waals surface area contributed by atoms with Gasteiger partial charge >= 0.3 is 0 Å². The third-order valence-corrected chi connectivity index (χ3v) is 1.14. The predicted molar refractivity (Wildman–Crippen MR) is 36.0 cm³/mol. The summed E-state index contributed by atoms with van der Waals surface area (Å²) < 4.78 is 4.67. The van der Waals surface area contributed by atoms with Gasteiger partial charge in [-0.05, 0) is 18.9 Å². The summed E-state index contributed by atoms with van der Waals surface area (Å²) >= 11 is 0. The van der Waals surface area contributed by atoms with Crippen molar-refractivity contribution in [2.45, 2.75) is 26.4 Å². The predicted octanol–water partition coefficient (Wildman–Crippen LogP) is 1.51. The molecule has 9 heavy (non-hydrogen) atoms. The van der Waals surface area contributed by atoms with Crippen LogP contribution in [0, 0.1) is 0 Å². The molecule has 2 nitrogen and oxygen atoms in total. The van der Waals surface area contributed by atoms with Gasteiger partial charge in [0, 0.05) is 0 Å². The Morgan fingerprint density at radius 1 is 1.89 bits per heavy atom. The van der Waals surface area contributed by atoms with Gasteiger partial charge in [0.1, 0.15) is 6.10 Å². The summed E-state index contributed by atoms with van der Waals surface area (Å²) in [6.45, 7) is 7.91. The maximum absolute atomic E-state index is 9.82. The Balaban J connectivity index is 3.67. The van der Waals surface area contributed by atoms with Crippen LogP contribution < -0.4 is 0 Å². The van der Waals surface area contributed by atoms with Gasteiger partial charge in [0.05, 0.1) is 0 Å². The van der Waals surface area contributed by atoms with Crippen LogP contribution in [0.25, 0.3) is 0 Å². The van der Waals surface area contributed by atoms with E-state index in [2.05, 4.69) is 11.3 Å². The van der Waals surface area contributed by atoms with E-state index in [-0.39, 0.29) is 6.10 Å². The van der Waals surface area contributed by atoms with Crippen LogP contribution in [0.5, 0.6) is 0 Å². The minimum atomic E-state index is -0.0949. The van der Waals surface area contributed by atoms with E-state index in [0.29, 0.717) is 6.47 Å². The SMILES string of the molecule is C=C(C)C(CC)OC=O. The Morgan fingerprint density at radius 2 is 2.44 bits per heavy atom. The van der Waals surface area contributed by atoms with Gasteiger partial charge in [-0.15, -0.1) is 0 Å². The average molecular weight is 128 g/mol. The van der Waals surface area contributed by atoms with E-state index in [9.17, 15) is 4.79 Å². The highest BCUT2D eigenvalue weighted by Crippen LogP contribution is 2.05. The Labute approximate surface area is 55.5 Å². The van der Waals surface area contributed by atoms with Crippen molar-refractivity contribution in [3.63, 3.8) is 0 Å². The van der Waals surface area contributed by atoms with Crippen molar-refractivity contribution in [1.82, 2.24) is 0 Å². The first-order valence-corrected chi connectivity index (χ1v) is 2.96. The van der Waals surface area contributed by atoms with E-state index < -0.39 is 0 Å². The summed E-state index contributed by atoms with van der Waals surface area (Å²) in [5.74, 6) is 0. The third kappa shape index (κ3) is 2.90. The van der Waals surface area contributed by atoms with Crippen LogP contribution in [0.1, 0.15) is 20.3 Å². The first-order chi connectivity index (χ1) is 4.22. The lowest BCUT2D eigenvalue weighted by atomic mass is 10.1. The van der Waals surface area contributed by atoms with Crippen molar-refractivity contribution in [3.8, 4) is 0 Å². The minimum absolute atomic E-state index is 0.0949. The van der Waals surface area contributed by atoms with Crippen LogP contribution in [0.2, 0.25) is 0 Å². The molecular weight excluding hydrogens is 116 g/mol. The van der Waals surface area contributed by atoms with Crippen molar-refractivity contribution in [1.29, 1.82) is 0 Å². The number of ether oxygens (including phenoxy) is 1. The first-order valence-electron chi connectivity index (χ1n) is 2.96. The van der Waals surface area contributed by atoms with Gasteiger partial charge < -0.3 is 4.74 Å². The van der Waals surface area contributed by atoms with Crippen molar-refractivity contribution >= 4 is 6.47 Å². The monoisotopic (exact) mass is 128 g/mol. The number of hydrogen-bond acceptors (Lipinski definition) is 2. The molecule has 2 heteroatoms. The van der Waals surface area contributed by atoms with E-state index in [1.165, 1.54) is 0 Å². The van der Waals surface area contributed by atoms with Crippen LogP contribution in [-0.4, -0.2) is 12.6 Å². The van der Waals surface area contributed by atoms with Crippen LogP contribution >= 0.6 is 0 Å². The Morgan fingerprint density at radius 3 is 2.56 bits per heavy atom. The zero-order valence-corrected chi connectivity index (χ0v) is 5.89. The molecule has 0 aromatic heterocycles. The zero-order chi connectivity index (χ0) is 7.28. The Bertz CT molecular complexity index is 107. The van der Waals surface area contributed by atoms with Gasteiger partial charge in [-0.25, -0.2) is 0 Å². The molecule has 0 aliphatic heterocycles. The molecule has 0 fully saturated rings. The minimum Gasteiger partial charge on any atom is -0.460 e. The highest BCUT2D eigenvalue weighted by Gasteiger charge is 2.04. The van der Waals surface area contributed by atoms with Gasteiger partial charge in [-0.1, -0.05) is 13.5 Å². The summed E-state index contributed by atoms with van der Waals surface area (Å²) in [7, 11) is 0. The molecule has 0 bridgehead atoms. The molecule has 0 saturated carbocycles. The second-order valence-corrected chi connectivity index (χ2v) is 1.98. The molecule has 52 valence electrons. The lowest BCUT2D eigenvalue weighted by molar-refractivity contribution is -0.132. The number of carbonyl (C=O) groups is 1. The molecule has 0 rings (SSSR count). The maximum atomic E-state index is 9.82. The van der Waals surface area contributed by atoms with Crippen molar-refractivity contribution in [2.75, 3.05) is 0 Å². The summed E-state index contributed by atoms with van der Waals surface area (Å²) in [5.41, 5.74) is 0.893. The third-order valence-electron chi connectivity index (χ3n) is 1.14. The first kappa shape index (κ1) is 8.21. The largest absolute Gasteiger partial charge is 0.460 e. The van der Waals surface area contributed by atoms with Gasteiger partial charge in [0.25, 0.3) is 6.47 Å². The molecule has 0 aliphatic carbocycles. The normalized spacial score (nSPS) is 12.2. The maximum Gasteiger partial charge on any atom is 0.293 e. The quantitative estimate of drug-likeness (QED) is 0.424. The molecule has 1 unspecified atom stereocenters. The van der Waals surface area contributed by atoms with Crippen LogP contribution in [0.3, 0.4) is 0 Å². The average Bonchev–Trinajstić information content (AvgIpc) is 1.82. The van der Waals surface area contributed by atoms with Crippen LogP contribution in [-0.2, 0) is 9.53 Å². The Kier molecular flexibility index (Phi) is 3.76. The molecule has 0 aromatic carbocycles. The van der Waals surface area contributed by atoms with Crippen molar-refractivity contribution in [3.05, 3.63) is 12.2 Å². The summed E-state index contributed by atoms with van der Waals surface area (Å²) in [6, 6.07) is 0. The Hall–Kier alpha value is -0.790. The second-order valence-electron chi connectivity index (χ2n) is 1.98. The molecule has 0 saturated heterocycles. The van der Waals surface area contributed by atoms with Crippen molar-refractivity contribution < 1.29 is 9.53 Å². The van der Waals surface area contributed by atoms with Crippen LogP contribution in [0.4, 0.5) is 0 Å². The van der Waals surface area contributed by atoms with Gasteiger partial charge in [0.15, 0.2) is 0 Å². The molecule has 0 spiro atoms. The van der Waals surface area contributed by atoms with E-state index in [1.807, 2.05) is 13.8 Å². The molecule has 0 amide bonds. The summed E-state index contributed by atoms with van der Waals surface area (Å²) in [5, 5.41) is 0. The summed E-state index contributed by atoms with van der Waals surface area (Å²) in [4.78, 5) is 9.82. The smallest absolute Gasteiger partial charge is 0.293 e. The molecule has 0 heterocycles. The van der Waals surface area contributed by atoms with Crippen LogP contribution in [0.15, 0.2) is 12.2 Å². The molecular formula is C7H12O2. The molecule has 1 atom stereocenters. The molecule has 0 aromatic rings. The number of hydrogen-bond donors (Lipinski definition) is 0. The molecule has 0 radical (unpaired) electrons. The topological polar surface area (TPSA) is 26.3 Å². The second kappa shape index (κ2) is 4.13. The lowest BCUT2D eigenvalue weighted by Gasteiger charge is -2.10. The fourth-order valence-corrected chi connectivity index (χ4v) is 0.628. The number of rotatable bonds is 4.